The number of likely N-dealkylation sites (tertiary alicyclic amines) is 2. The lowest BCUT2D eigenvalue weighted by Gasteiger charge is -2.41. The summed E-state index contributed by atoms with van der Waals surface area (Å²) >= 11 is 0. The number of anilines is 1. The first-order chi connectivity index (χ1) is 33.5. The molecule has 0 bridgehead atoms. The second-order valence-electron chi connectivity index (χ2n) is 19.8. The second kappa shape index (κ2) is 26.6. The highest BCUT2D eigenvalue weighted by molar-refractivity contribution is 6.14. The minimum atomic E-state index is -1.06. The number of rotatable bonds is 25. The van der Waals surface area contributed by atoms with E-state index < -0.39 is 78.4 Å². The van der Waals surface area contributed by atoms with Gasteiger partial charge in [0.05, 0.1) is 42.7 Å². The zero-order valence-electron chi connectivity index (χ0n) is 43.8. The molecule has 20 heteroatoms. The zero-order valence-corrected chi connectivity index (χ0v) is 43.8. The molecule has 1 aromatic rings. The summed E-state index contributed by atoms with van der Waals surface area (Å²) in [6.07, 6.45) is 5.05. The summed E-state index contributed by atoms with van der Waals surface area (Å²) in [4.78, 5) is 126. The van der Waals surface area contributed by atoms with Crippen LogP contribution in [0.15, 0.2) is 36.4 Å². The summed E-state index contributed by atoms with van der Waals surface area (Å²) in [5.74, 6) is -4.68. The summed E-state index contributed by atoms with van der Waals surface area (Å²) < 4.78 is 12.1. The topological polar surface area (TPSA) is 236 Å². The van der Waals surface area contributed by atoms with Crippen molar-refractivity contribution >= 4 is 58.9 Å². The Bertz CT molecular complexity index is 2100. The van der Waals surface area contributed by atoms with Crippen molar-refractivity contribution in [3.8, 4) is 0 Å². The van der Waals surface area contributed by atoms with E-state index in [9.17, 15) is 43.2 Å². The molecule has 0 radical (unpaired) electrons. The van der Waals surface area contributed by atoms with Gasteiger partial charge in [0.2, 0.25) is 41.4 Å². The number of hydrogen-bond acceptors (Lipinski definition) is 12. The molecule has 2 fully saturated rings. The van der Waals surface area contributed by atoms with Gasteiger partial charge in [0.1, 0.15) is 24.7 Å². The summed E-state index contributed by atoms with van der Waals surface area (Å²) in [5.41, 5.74) is 1.30. The highest BCUT2D eigenvalue weighted by Gasteiger charge is 2.44. The van der Waals surface area contributed by atoms with Crippen LogP contribution >= 0.6 is 0 Å². The zero-order chi connectivity index (χ0) is 52.9. The molecule has 4 rings (SSSR count). The smallest absolute Gasteiger partial charge is 0.254 e. The van der Waals surface area contributed by atoms with Crippen LogP contribution in [-0.2, 0) is 59.0 Å². The Morgan fingerprint density at radius 1 is 0.817 bits per heavy atom. The first-order valence-corrected chi connectivity index (χ1v) is 24.9. The molecule has 394 valence electrons. The molecule has 0 saturated carbocycles. The Hall–Kier alpha value is -5.73. The summed E-state index contributed by atoms with van der Waals surface area (Å²) in [6, 6.07) is 3.17. The van der Waals surface area contributed by atoms with E-state index in [4.69, 9.17) is 9.47 Å². The molecule has 3 heterocycles. The van der Waals surface area contributed by atoms with Gasteiger partial charge in [-0.1, -0.05) is 53.2 Å². The van der Waals surface area contributed by atoms with E-state index in [-0.39, 0.29) is 54.0 Å². The molecule has 2 saturated heterocycles. The molecule has 71 heavy (non-hydrogen) atoms. The van der Waals surface area contributed by atoms with Crippen LogP contribution in [0.1, 0.15) is 92.6 Å². The van der Waals surface area contributed by atoms with E-state index in [0.29, 0.717) is 31.6 Å². The fraction of sp³-hybridized carbons (Fsp3) is 0.667. The van der Waals surface area contributed by atoms with Crippen LogP contribution in [0.4, 0.5) is 5.69 Å². The van der Waals surface area contributed by atoms with Crippen molar-refractivity contribution in [3.63, 3.8) is 0 Å². The first kappa shape index (κ1) is 57.8. The molecule has 10 atom stereocenters. The van der Waals surface area contributed by atoms with E-state index in [0.717, 1.165) is 54.8 Å². The molecule has 0 spiro atoms. The normalized spacial score (nSPS) is 20.4. The van der Waals surface area contributed by atoms with Gasteiger partial charge in [-0.25, -0.2) is 0 Å². The van der Waals surface area contributed by atoms with Crippen molar-refractivity contribution in [1.29, 1.82) is 0 Å². The first-order valence-electron chi connectivity index (χ1n) is 24.9. The lowest BCUT2D eigenvalue weighted by Crippen LogP contribution is -2.59. The molecule has 0 unspecified atom stereocenters. The number of imide groups is 1. The number of nitrogens with zero attached hydrogens (tertiary/aromatic N) is 5. The van der Waals surface area contributed by atoms with Gasteiger partial charge in [0, 0.05) is 59.2 Å². The van der Waals surface area contributed by atoms with Gasteiger partial charge in [0.25, 0.3) is 11.8 Å². The maximum absolute atomic E-state index is 14.4. The fourth-order valence-corrected chi connectivity index (χ4v) is 9.82. The summed E-state index contributed by atoms with van der Waals surface area (Å²) in [7, 11) is 8.46. The number of benzene rings is 1. The van der Waals surface area contributed by atoms with Crippen LogP contribution in [0, 0.1) is 17.8 Å². The van der Waals surface area contributed by atoms with E-state index in [1.165, 1.54) is 13.8 Å². The van der Waals surface area contributed by atoms with Gasteiger partial charge in [-0.15, -0.1) is 0 Å². The van der Waals surface area contributed by atoms with E-state index in [2.05, 4.69) is 21.3 Å². The molecule has 0 aliphatic carbocycles. The number of hydrogen-bond donors (Lipinski definition) is 4. The van der Waals surface area contributed by atoms with Crippen LogP contribution < -0.4 is 21.3 Å². The molecule has 3 aliphatic heterocycles. The van der Waals surface area contributed by atoms with E-state index >= 15 is 0 Å². The van der Waals surface area contributed by atoms with Crippen molar-refractivity contribution in [2.24, 2.45) is 17.8 Å². The number of nitrogens with one attached hydrogen (secondary N) is 4. The maximum Gasteiger partial charge on any atom is 0.254 e. The largest absolute Gasteiger partial charge is 0.379 e. The monoisotopic (exact) mass is 994 g/mol. The quantitative estimate of drug-likeness (QED) is 0.103. The predicted octanol–water partition coefficient (Wildman–Crippen LogP) is 1.72. The third-order valence-corrected chi connectivity index (χ3v) is 14.3. The molecule has 4 N–H and O–H groups in total. The second-order valence-corrected chi connectivity index (χ2v) is 19.8. The highest BCUT2D eigenvalue weighted by atomic mass is 16.5. The number of ether oxygens (including phenoxy) is 2. The van der Waals surface area contributed by atoms with E-state index in [1.807, 2.05) is 52.6 Å². The Morgan fingerprint density at radius 2 is 1.46 bits per heavy atom. The van der Waals surface area contributed by atoms with Gasteiger partial charge in [-0.05, 0) is 89.1 Å². The molecular formula is C51H79N9O11. The van der Waals surface area contributed by atoms with Crippen molar-refractivity contribution in [3.05, 3.63) is 42.0 Å². The van der Waals surface area contributed by atoms with Gasteiger partial charge in [-0.3, -0.25) is 53.0 Å². The van der Waals surface area contributed by atoms with Crippen LogP contribution in [0.3, 0.4) is 0 Å². The number of methoxy groups -OCH3 is 2. The minimum absolute atomic E-state index is 0.00287. The van der Waals surface area contributed by atoms with Crippen LogP contribution in [-0.4, -0.2) is 188 Å². The van der Waals surface area contributed by atoms with Gasteiger partial charge in [0.15, 0.2) is 0 Å². The average Bonchev–Trinajstić information content (AvgIpc) is 4.09. The fourth-order valence-electron chi connectivity index (χ4n) is 9.82. The molecule has 1 aromatic carbocycles. The number of carbonyl (C=O) groups is 9. The highest BCUT2D eigenvalue weighted by Crippen LogP contribution is 2.30. The summed E-state index contributed by atoms with van der Waals surface area (Å²) in [6.45, 7) is 13.7. The van der Waals surface area contributed by atoms with Crippen LogP contribution in [0.5, 0.6) is 0 Å². The Balaban J connectivity index is 1.32. The number of likely N-dealkylation sites (N-methyl/N-ethyl adjacent to an activating group) is 3. The Kier molecular flexibility index (Phi) is 21.7. The Morgan fingerprint density at radius 3 is 2.06 bits per heavy atom. The third-order valence-electron chi connectivity index (χ3n) is 14.3. The molecule has 20 nitrogen and oxygen atoms in total. The van der Waals surface area contributed by atoms with Gasteiger partial charge >= 0.3 is 0 Å². The molecule has 9 amide bonds. The molecule has 0 aromatic heterocycles. The average molecular weight is 994 g/mol. The van der Waals surface area contributed by atoms with Crippen molar-refractivity contribution in [2.45, 2.75) is 142 Å². The predicted molar refractivity (Wildman–Crippen MR) is 266 cm³/mol. The summed E-state index contributed by atoms with van der Waals surface area (Å²) in [5, 5.41) is 10.8. The lowest BCUT2D eigenvalue weighted by atomic mass is 9.89. The molecule has 3 aliphatic rings. The standard InChI is InChI=1S/C51H79N9O11/c1-13-31(4)45(58(10)51(69)44(30(2)3)55-49(67)38-20-15-24-56(38)8)39(70-11)28-43(64)59-25-16-19-37(59)46(71-12)32(5)50(68)57(9)26-23-35-17-14-18-36(27-35)54-48(66)34(7)53-47(65)33(6)52-40(61)29-60-41(62)21-22-42(60)63/h14,17-18,21-22,27,30-34,37-39,44-46H,13,15-16,19-20,23-26,28-29H2,1-12H3,(H,52,61)(H,53,65)(H,54,66)(H,55,67)/t31-,32+,33-,34-,37-,38+,39+,44-,45-,46+/m0/s1. The van der Waals surface area contributed by atoms with Crippen molar-refractivity contribution in [1.82, 2.24) is 40.4 Å². The Labute approximate surface area is 419 Å². The molecular weight excluding hydrogens is 915 g/mol. The maximum atomic E-state index is 14.4. The number of amides is 9. The van der Waals surface area contributed by atoms with E-state index in [1.54, 1.807) is 61.2 Å². The van der Waals surface area contributed by atoms with Crippen LogP contribution in [0.2, 0.25) is 0 Å². The lowest BCUT2D eigenvalue weighted by molar-refractivity contribution is -0.149. The van der Waals surface area contributed by atoms with Crippen molar-refractivity contribution in [2.75, 3.05) is 66.9 Å². The third kappa shape index (κ3) is 15.1. The van der Waals surface area contributed by atoms with Gasteiger partial charge < -0.3 is 45.4 Å². The SMILES string of the molecule is CC[C@H](C)[C@@H]([C@@H](CC(=O)N1CCC[C@H]1[C@H](OC)[C@@H](C)C(=O)N(C)CCc1cccc(NC(=O)[C@H](C)NC(=O)[C@H](C)NC(=O)CN2C(=O)C=CC2=O)c1)OC)N(C)C(=O)[C@@H](NC(=O)[C@H]1CCCN1C)C(C)C. The number of carbonyl (C=O) groups excluding carboxylic acids is 9. The van der Waals surface area contributed by atoms with Crippen molar-refractivity contribution < 1.29 is 52.6 Å². The van der Waals surface area contributed by atoms with Crippen LogP contribution in [0.25, 0.3) is 0 Å². The minimum Gasteiger partial charge on any atom is -0.379 e. The van der Waals surface area contributed by atoms with Gasteiger partial charge in [-0.2, -0.15) is 0 Å².